The number of hydrogen-bond donors (Lipinski definition) is 1. The zero-order valence-electron chi connectivity index (χ0n) is 5.39. The van der Waals surface area contributed by atoms with E-state index in [0.717, 1.165) is 0 Å². The van der Waals surface area contributed by atoms with Gasteiger partial charge in [-0.1, -0.05) is 0 Å². The lowest BCUT2D eigenvalue weighted by atomic mass is 10.2. The van der Waals surface area contributed by atoms with E-state index in [0.29, 0.717) is 18.6 Å². The van der Waals surface area contributed by atoms with Gasteiger partial charge < -0.3 is 0 Å². The summed E-state index contributed by atoms with van der Waals surface area (Å²) in [5.41, 5.74) is 0. The zero-order chi connectivity index (χ0) is 7.28. The topological polar surface area (TPSA) is 34.1 Å². The van der Waals surface area contributed by atoms with Gasteiger partial charge in [-0.05, 0) is 12.2 Å². The summed E-state index contributed by atoms with van der Waals surface area (Å²) in [5.74, 6) is 0.0276. The van der Waals surface area contributed by atoms with Crippen LogP contribution >= 0.6 is 12.6 Å². The second-order valence-corrected chi connectivity index (χ2v) is 2.25. The molecule has 0 aliphatic heterocycles. The molecule has 0 fully saturated rings. The zero-order valence-corrected chi connectivity index (χ0v) is 6.28. The van der Waals surface area contributed by atoms with E-state index in [1.807, 2.05) is 0 Å². The van der Waals surface area contributed by atoms with Crippen molar-refractivity contribution in [2.75, 3.05) is 5.75 Å². The number of rotatable bonds is 4. The summed E-state index contributed by atoms with van der Waals surface area (Å²) in [6.07, 6.45) is 1.04. The first-order valence-corrected chi connectivity index (χ1v) is 3.46. The lowest BCUT2D eigenvalue weighted by molar-refractivity contribution is -0.135. The summed E-state index contributed by atoms with van der Waals surface area (Å²) in [6, 6.07) is 0. The minimum absolute atomic E-state index is 0.288. The van der Waals surface area contributed by atoms with Crippen LogP contribution in [0.25, 0.3) is 0 Å². The molecule has 0 bridgehead atoms. The molecule has 0 aromatic carbocycles. The first-order chi connectivity index (χ1) is 4.18. The monoisotopic (exact) mass is 146 g/mol. The molecular formula is C6H10O2S. The highest BCUT2D eigenvalue weighted by atomic mass is 32.1. The highest BCUT2D eigenvalue weighted by molar-refractivity contribution is 7.80. The first kappa shape index (κ1) is 8.69. The molecule has 0 aliphatic carbocycles. The van der Waals surface area contributed by atoms with E-state index < -0.39 is 0 Å². The maximum absolute atomic E-state index is 10.5. The van der Waals surface area contributed by atoms with Crippen LogP contribution in [-0.2, 0) is 9.59 Å². The Morgan fingerprint density at radius 3 is 2.33 bits per heavy atom. The molecule has 0 saturated heterocycles. The summed E-state index contributed by atoms with van der Waals surface area (Å²) in [6.45, 7) is 1.29. The molecule has 0 heterocycles. The molecule has 0 aromatic rings. The second kappa shape index (κ2) is 4.56. The van der Waals surface area contributed by atoms with Crippen LogP contribution in [0.2, 0.25) is 0 Å². The highest BCUT2D eigenvalue weighted by Crippen LogP contribution is 1.93. The average Bonchev–Trinajstić information content (AvgIpc) is 1.82. The fourth-order valence-corrected chi connectivity index (χ4v) is 0.574. The van der Waals surface area contributed by atoms with Crippen molar-refractivity contribution in [3.8, 4) is 0 Å². The largest absolute Gasteiger partial charge is 0.291 e. The third-order valence-electron chi connectivity index (χ3n) is 0.955. The first-order valence-electron chi connectivity index (χ1n) is 2.83. The third-order valence-corrected chi connectivity index (χ3v) is 1.27. The van der Waals surface area contributed by atoms with Gasteiger partial charge in [-0.15, -0.1) is 0 Å². The molecule has 0 unspecified atom stereocenters. The molecule has 0 saturated carbocycles. The molecule has 0 spiro atoms. The maximum atomic E-state index is 10.5. The number of ketones is 2. The van der Waals surface area contributed by atoms with Crippen molar-refractivity contribution in [1.82, 2.24) is 0 Å². The molecule has 0 atom stereocenters. The van der Waals surface area contributed by atoms with E-state index in [1.165, 1.54) is 6.92 Å². The number of carbonyl (C=O) groups excluding carboxylic acids is 2. The Morgan fingerprint density at radius 2 is 2.00 bits per heavy atom. The maximum Gasteiger partial charge on any atom is 0.198 e. The summed E-state index contributed by atoms with van der Waals surface area (Å²) < 4.78 is 0. The van der Waals surface area contributed by atoms with Gasteiger partial charge in [-0.3, -0.25) is 9.59 Å². The summed E-state index contributed by atoms with van der Waals surface area (Å²) in [4.78, 5) is 20.8. The number of carbonyl (C=O) groups is 2. The normalized spacial score (nSPS) is 9.11. The summed E-state index contributed by atoms with van der Waals surface area (Å²) in [5, 5.41) is 0. The van der Waals surface area contributed by atoms with Gasteiger partial charge >= 0.3 is 0 Å². The Bertz CT molecular complexity index is 120. The minimum Gasteiger partial charge on any atom is -0.291 e. The predicted molar refractivity (Wildman–Crippen MR) is 38.8 cm³/mol. The van der Waals surface area contributed by atoms with Crippen LogP contribution in [0.3, 0.4) is 0 Å². The fourth-order valence-electron chi connectivity index (χ4n) is 0.416. The van der Waals surface area contributed by atoms with E-state index in [1.54, 1.807) is 0 Å². The van der Waals surface area contributed by atoms with Crippen LogP contribution in [0.1, 0.15) is 19.8 Å². The van der Waals surface area contributed by atoms with Gasteiger partial charge in [0.05, 0.1) is 0 Å². The lowest BCUT2D eigenvalue weighted by Crippen LogP contribution is -2.08. The summed E-state index contributed by atoms with van der Waals surface area (Å²) in [7, 11) is 0. The Labute approximate surface area is 60.0 Å². The smallest absolute Gasteiger partial charge is 0.198 e. The van der Waals surface area contributed by atoms with Crippen molar-refractivity contribution in [3.05, 3.63) is 0 Å². The molecule has 0 rings (SSSR count). The Balaban J connectivity index is 3.39. The molecule has 0 aromatic heterocycles. The van der Waals surface area contributed by atoms with Crippen molar-refractivity contribution < 1.29 is 9.59 Å². The van der Waals surface area contributed by atoms with Crippen LogP contribution in [0.4, 0.5) is 0 Å². The van der Waals surface area contributed by atoms with E-state index >= 15 is 0 Å². The van der Waals surface area contributed by atoms with Crippen molar-refractivity contribution >= 4 is 24.2 Å². The number of hydrogen-bond acceptors (Lipinski definition) is 3. The average molecular weight is 146 g/mol. The van der Waals surface area contributed by atoms with E-state index in [9.17, 15) is 9.59 Å². The molecule has 0 amide bonds. The van der Waals surface area contributed by atoms with Gasteiger partial charge in [0, 0.05) is 13.3 Å². The Kier molecular flexibility index (Phi) is 4.40. The lowest BCUT2D eigenvalue weighted by Gasteiger charge is -1.90. The van der Waals surface area contributed by atoms with Crippen molar-refractivity contribution in [1.29, 1.82) is 0 Å². The number of Topliss-reactive ketones (excluding diaryl/α,β-unsaturated/α-hetero) is 2. The van der Waals surface area contributed by atoms with Crippen LogP contribution in [0.15, 0.2) is 0 Å². The van der Waals surface area contributed by atoms with Crippen LogP contribution < -0.4 is 0 Å². The van der Waals surface area contributed by atoms with Gasteiger partial charge in [0.2, 0.25) is 0 Å². The van der Waals surface area contributed by atoms with Crippen LogP contribution in [0.5, 0.6) is 0 Å². The van der Waals surface area contributed by atoms with E-state index in [2.05, 4.69) is 12.6 Å². The van der Waals surface area contributed by atoms with Gasteiger partial charge in [-0.25, -0.2) is 0 Å². The number of thiol groups is 1. The Hall–Kier alpha value is -0.310. The predicted octanol–water partition coefficient (Wildman–Crippen LogP) is 0.854. The van der Waals surface area contributed by atoms with Crippen molar-refractivity contribution in [2.45, 2.75) is 19.8 Å². The van der Waals surface area contributed by atoms with Gasteiger partial charge in [-0.2, -0.15) is 12.6 Å². The Morgan fingerprint density at radius 1 is 1.44 bits per heavy atom. The third kappa shape index (κ3) is 4.21. The highest BCUT2D eigenvalue weighted by Gasteiger charge is 2.04. The standard InChI is InChI=1S/C6H10O2S/c1-5(7)6(8)3-2-4-9/h9H,2-4H2,1H3. The molecular weight excluding hydrogens is 136 g/mol. The van der Waals surface area contributed by atoms with Crippen molar-refractivity contribution in [2.24, 2.45) is 0 Å². The fraction of sp³-hybridized carbons (Fsp3) is 0.667. The van der Waals surface area contributed by atoms with Gasteiger partial charge in [0.25, 0.3) is 0 Å². The molecule has 52 valence electrons. The quantitative estimate of drug-likeness (QED) is 0.471. The molecule has 2 nitrogen and oxygen atoms in total. The van der Waals surface area contributed by atoms with Gasteiger partial charge in [0.15, 0.2) is 11.6 Å². The molecule has 3 heteroatoms. The molecule has 9 heavy (non-hydrogen) atoms. The molecule has 0 radical (unpaired) electrons. The minimum atomic E-state index is -0.350. The second-order valence-electron chi connectivity index (χ2n) is 1.81. The van der Waals surface area contributed by atoms with E-state index in [4.69, 9.17) is 0 Å². The van der Waals surface area contributed by atoms with Gasteiger partial charge in [0.1, 0.15) is 0 Å². The van der Waals surface area contributed by atoms with Crippen LogP contribution in [0, 0.1) is 0 Å². The molecule has 0 aliphatic rings. The van der Waals surface area contributed by atoms with E-state index in [-0.39, 0.29) is 11.6 Å². The van der Waals surface area contributed by atoms with Crippen molar-refractivity contribution in [3.63, 3.8) is 0 Å². The van der Waals surface area contributed by atoms with Crippen LogP contribution in [-0.4, -0.2) is 17.3 Å². The summed E-state index contributed by atoms with van der Waals surface area (Å²) >= 11 is 3.90. The SMILES string of the molecule is CC(=O)C(=O)CCCS. The molecule has 0 N–H and O–H groups in total.